The number of hydrogen-bond acceptors (Lipinski definition) is 5. The Labute approximate surface area is 208 Å². The van der Waals surface area contributed by atoms with Crippen molar-refractivity contribution in [1.29, 1.82) is 0 Å². The summed E-state index contributed by atoms with van der Waals surface area (Å²) in [5, 5.41) is 3.08. The second kappa shape index (κ2) is 10.9. The third-order valence-corrected chi connectivity index (χ3v) is 7.32. The summed E-state index contributed by atoms with van der Waals surface area (Å²) in [5.74, 6) is -1.20. The molecule has 0 heterocycles. The van der Waals surface area contributed by atoms with Crippen LogP contribution in [-0.4, -0.2) is 33.4 Å². The van der Waals surface area contributed by atoms with E-state index in [4.69, 9.17) is 27.9 Å². The third-order valence-electron chi connectivity index (χ3n) is 4.81. The van der Waals surface area contributed by atoms with Crippen LogP contribution in [0.4, 0.5) is 11.4 Å². The molecule has 0 unspecified atom stereocenters. The molecule has 0 aliphatic carbocycles. The number of rotatable bonds is 8. The lowest BCUT2D eigenvalue weighted by Crippen LogP contribution is -2.38. The zero-order valence-corrected chi connectivity index (χ0v) is 20.7. The monoisotopic (exact) mass is 520 g/mol. The average Bonchev–Trinajstić information content (AvgIpc) is 2.80. The predicted octanol–water partition coefficient (Wildman–Crippen LogP) is 5.31. The molecule has 0 fully saturated rings. The van der Waals surface area contributed by atoms with E-state index in [2.05, 4.69) is 5.32 Å². The van der Waals surface area contributed by atoms with E-state index >= 15 is 0 Å². The van der Waals surface area contributed by atoms with Crippen LogP contribution in [0.5, 0.6) is 0 Å². The quantitative estimate of drug-likeness (QED) is 0.406. The molecule has 3 rings (SSSR count). The molecule has 0 aliphatic heterocycles. The third kappa shape index (κ3) is 5.88. The first-order valence-corrected chi connectivity index (χ1v) is 12.4. The summed E-state index contributed by atoms with van der Waals surface area (Å²) in [7, 11) is -4.08. The number of ether oxygens (including phenoxy) is 1. The number of amides is 1. The number of nitrogens with zero attached hydrogens (tertiary/aromatic N) is 1. The summed E-state index contributed by atoms with van der Waals surface area (Å²) in [6.45, 7) is 3.14. The largest absolute Gasteiger partial charge is 0.462 e. The molecule has 34 heavy (non-hydrogen) atoms. The highest BCUT2D eigenvalue weighted by atomic mass is 35.5. The molecular formula is C24H22Cl2N2O5S. The molecule has 178 valence electrons. The van der Waals surface area contributed by atoms with Crippen LogP contribution in [0.25, 0.3) is 0 Å². The van der Waals surface area contributed by atoms with Crippen molar-refractivity contribution in [3.63, 3.8) is 0 Å². The molecule has 7 nitrogen and oxygen atoms in total. The summed E-state index contributed by atoms with van der Waals surface area (Å²) in [4.78, 5) is 24.8. The fourth-order valence-corrected chi connectivity index (χ4v) is 4.94. The van der Waals surface area contributed by atoms with E-state index in [1.54, 1.807) is 44.2 Å². The Morgan fingerprint density at radius 3 is 2.29 bits per heavy atom. The minimum absolute atomic E-state index is 0.0290. The maximum Gasteiger partial charge on any atom is 0.339 e. The van der Waals surface area contributed by atoms with Crippen LogP contribution in [0.3, 0.4) is 0 Å². The molecule has 0 saturated carbocycles. The minimum Gasteiger partial charge on any atom is -0.462 e. The molecule has 0 spiro atoms. The lowest BCUT2D eigenvalue weighted by atomic mass is 10.2. The Morgan fingerprint density at radius 1 is 0.971 bits per heavy atom. The van der Waals surface area contributed by atoms with Crippen molar-refractivity contribution in [3.8, 4) is 0 Å². The van der Waals surface area contributed by atoms with Gasteiger partial charge in [0, 0.05) is 10.7 Å². The zero-order valence-electron chi connectivity index (χ0n) is 18.4. The van der Waals surface area contributed by atoms with Gasteiger partial charge in [-0.3, -0.25) is 9.10 Å². The normalized spacial score (nSPS) is 11.1. The summed E-state index contributed by atoms with van der Waals surface area (Å²) >= 11 is 12.4. The van der Waals surface area contributed by atoms with Crippen molar-refractivity contribution in [2.75, 3.05) is 22.8 Å². The van der Waals surface area contributed by atoms with E-state index in [9.17, 15) is 18.0 Å². The lowest BCUT2D eigenvalue weighted by Gasteiger charge is -2.24. The molecule has 0 radical (unpaired) electrons. The Morgan fingerprint density at radius 2 is 1.68 bits per heavy atom. The first-order chi connectivity index (χ1) is 16.1. The SMILES string of the molecule is CCOC(=O)c1ccc(NC(=O)CN(c2ccc(C)c(Cl)c2)S(=O)(=O)c2ccccc2)cc1Cl. The molecule has 0 aliphatic rings. The van der Waals surface area contributed by atoms with Crippen LogP contribution < -0.4 is 9.62 Å². The molecule has 10 heteroatoms. The number of carbonyl (C=O) groups excluding carboxylic acids is 2. The van der Waals surface area contributed by atoms with Gasteiger partial charge in [-0.1, -0.05) is 47.5 Å². The van der Waals surface area contributed by atoms with E-state index < -0.39 is 28.4 Å². The van der Waals surface area contributed by atoms with Gasteiger partial charge in [0.1, 0.15) is 6.54 Å². The van der Waals surface area contributed by atoms with Crippen LogP contribution in [0, 0.1) is 6.92 Å². The summed E-state index contributed by atoms with van der Waals surface area (Å²) in [6, 6.07) is 16.8. The van der Waals surface area contributed by atoms with Crippen molar-refractivity contribution >= 4 is 56.5 Å². The van der Waals surface area contributed by atoms with Crippen molar-refractivity contribution in [1.82, 2.24) is 0 Å². The van der Waals surface area contributed by atoms with E-state index in [0.717, 1.165) is 9.87 Å². The first kappa shape index (κ1) is 25.6. The fourth-order valence-electron chi connectivity index (χ4n) is 3.07. The highest BCUT2D eigenvalue weighted by Crippen LogP contribution is 2.28. The fraction of sp³-hybridized carbons (Fsp3) is 0.167. The maximum absolute atomic E-state index is 13.4. The van der Waals surface area contributed by atoms with Gasteiger partial charge < -0.3 is 10.1 Å². The van der Waals surface area contributed by atoms with Gasteiger partial charge in [0.2, 0.25) is 5.91 Å². The molecule has 0 bridgehead atoms. The van der Waals surface area contributed by atoms with Crippen LogP contribution in [0.1, 0.15) is 22.8 Å². The molecule has 3 aromatic carbocycles. The topological polar surface area (TPSA) is 92.8 Å². The number of halogens is 2. The summed E-state index contributed by atoms with van der Waals surface area (Å²) < 4.78 is 32.7. The number of esters is 1. The van der Waals surface area contributed by atoms with E-state index in [1.165, 1.54) is 36.4 Å². The second-order valence-electron chi connectivity index (χ2n) is 7.22. The smallest absolute Gasteiger partial charge is 0.339 e. The molecule has 1 amide bonds. The van der Waals surface area contributed by atoms with Gasteiger partial charge in [-0.25, -0.2) is 13.2 Å². The standard InChI is InChI=1S/C24H22Cl2N2O5S/c1-3-33-24(30)20-12-10-17(13-22(20)26)27-23(29)15-28(18-11-9-16(2)21(25)14-18)34(31,32)19-7-5-4-6-8-19/h4-14H,3,15H2,1-2H3,(H,27,29). The number of sulfonamides is 1. The highest BCUT2D eigenvalue weighted by Gasteiger charge is 2.27. The van der Waals surface area contributed by atoms with E-state index in [0.29, 0.717) is 10.7 Å². The van der Waals surface area contributed by atoms with Gasteiger partial charge in [0.15, 0.2) is 0 Å². The van der Waals surface area contributed by atoms with Gasteiger partial charge in [-0.05, 0) is 61.9 Å². The van der Waals surface area contributed by atoms with E-state index in [1.807, 2.05) is 0 Å². The van der Waals surface area contributed by atoms with Crippen molar-refractivity contribution in [2.24, 2.45) is 0 Å². The molecule has 0 aromatic heterocycles. The number of benzene rings is 3. The Bertz CT molecular complexity index is 1310. The minimum atomic E-state index is -4.08. The first-order valence-electron chi connectivity index (χ1n) is 10.2. The molecular weight excluding hydrogens is 499 g/mol. The molecule has 3 aromatic rings. The number of aryl methyl sites for hydroxylation is 1. The number of carbonyl (C=O) groups is 2. The Kier molecular flexibility index (Phi) is 8.19. The van der Waals surface area contributed by atoms with Crippen LogP contribution >= 0.6 is 23.2 Å². The van der Waals surface area contributed by atoms with Gasteiger partial charge in [0.05, 0.1) is 27.8 Å². The Balaban J connectivity index is 1.89. The number of anilines is 2. The molecule has 0 atom stereocenters. The summed E-state index contributed by atoms with van der Waals surface area (Å²) in [5.41, 5.74) is 1.46. The van der Waals surface area contributed by atoms with E-state index in [-0.39, 0.29) is 27.8 Å². The lowest BCUT2D eigenvalue weighted by molar-refractivity contribution is -0.114. The molecule has 1 N–H and O–H groups in total. The van der Waals surface area contributed by atoms with Crippen LogP contribution in [0.2, 0.25) is 10.0 Å². The van der Waals surface area contributed by atoms with Gasteiger partial charge in [-0.2, -0.15) is 0 Å². The van der Waals surface area contributed by atoms with Gasteiger partial charge >= 0.3 is 5.97 Å². The van der Waals surface area contributed by atoms with Crippen molar-refractivity contribution in [2.45, 2.75) is 18.7 Å². The van der Waals surface area contributed by atoms with Crippen molar-refractivity contribution < 1.29 is 22.7 Å². The maximum atomic E-state index is 13.4. The second-order valence-corrected chi connectivity index (χ2v) is 9.90. The number of nitrogens with one attached hydrogen (secondary N) is 1. The van der Waals surface area contributed by atoms with Gasteiger partial charge in [0.25, 0.3) is 10.0 Å². The molecule has 0 saturated heterocycles. The predicted molar refractivity (Wildman–Crippen MR) is 133 cm³/mol. The van der Waals surface area contributed by atoms with Crippen LogP contribution in [-0.2, 0) is 19.6 Å². The van der Waals surface area contributed by atoms with Crippen LogP contribution in [0.15, 0.2) is 71.6 Å². The van der Waals surface area contributed by atoms with Gasteiger partial charge in [-0.15, -0.1) is 0 Å². The number of hydrogen-bond donors (Lipinski definition) is 1. The highest BCUT2D eigenvalue weighted by molar-refractivity contribution is 7.92. The summed E-state index contributed by atoms with van der Waals surface area (Å²) in [6.07, 6.45) is 0. The van der Waals surface area contributed by atoms with Crippen molar-refractivity contribution in [3.05, 3.63) is 87.9 Å². The average molecular weight is 521 g/mol. The Hall–Kier alpha value is -3.07. The zero-order chi connectivity index (χ0) is 24.9.